The van der Waals surface area contributed by atoms with Crippen LogP contribution in [0.3, 0.4) is 0 Å². The molecule has 0 aliphatic carbocycles. The van der Waals surface area contributed by atoms with Crippen LogP contribution in [0, 0.1) is 0 Å². The van der Waals surface area contributed by atoms with Crippen molar-refractivity contribution in [1.29, 1.82) is 0 Å². The van der Waals surface area contributed by atoms with Crippen LogP contribution >= 0.6 is 0 Å². The third kappa shape index (κ3) is 10.4. The van der Waals surface area contributed by atoms with E-state index in [0.29, 0.717) is 19.1 Å². The Morgan fingerprint density at radius 3 is 2.26 bits per heavy atom. The van der Waals surface area contributed by atoms with E-state index in [1.807, 2.05) is 18.2 Å². The van der Waals surface area contributed by atoms with Crippen molar-refractivity contribution in [3.63, 3.8) is 0 Å². The molecule has 0 saturated heterocycles. The number of hydrogen-bond acceptors (Lipinski definition) is 5. The molecular weight excluding hydrogens is 455 g/mol. The van der Waals surface area contributed by atoms with E-state index in [1.165, 1.54) is 5.56 Å². The number of nitrogens with one attached hydrogen (secondary N) is 1. The van der Waals surface area contributed by atoms with Gasteiger partial charge in [0.1, 0.15) is 6.29 Å². The number of amides is 2. The zero-order valence-corrected chi connectivity index (χ0v) is 22.4. The molecule has 0 aliphatic heterocycles. The number of carbonyl (C=O) groups is 3. The molecule has 3 atom stereocenters. The molecule has 9 heteroatoms. The minimum Gasteiger partial charge on any atom is -0.414 e. The van der Waals surface area contributed by atoms with Gasteiger partial charge in [-0.05, 0) is 56.3 Å². The Morgan fingerprint density at radius 1 is 1.12 bits per heavy atom. The van der Waals surface area contributed by atoms with Crippen molar-refractivity contribution in [3.05, 3.63) is 35.9 Å². The summed E-state index contributed by atoms with van der Waals surface area (Å²) in [5, 5.41) is -0.0179. The molecule has 3 N–H and O–H groups in total. The highest BCUT2D eigenvalue weighted by atomic mass is 28.4. The largest absolute Gasteiger partial charge is 0.414 e. The number of hydroxylamine groups is 1. The Kier molecular flexibility index (Phi) is 11.5. The number of halogens is 1. The summed E-state index contributed by atoms with van der Waals surface area (Å²) in [5.74, 6) is -1.64. The van der Waals surface area contributed by atoms with Gasteiger partial charge in [0.15, 0.2) is 14.0 Å². The predicted molar refractivity (Wildman–Crippen MR) is 133 cm³/mol. The lowest BCUT2D eigenvalue weighted by molar-refractivity contribution is -0.143. The van der Waals surface area contributed by atoms with Crippen LogP contribution in [0.5, 0.6) is 0 Å². The van der Waals surface area contributed by atoms with E-state index in [1.54, 1.807) is 0 Å². The van der Waals surface area contributed by atoms with E-state index in [9.17, 15) is 18.8 Å². The monoisotopic (exact) mass is 496 g/mol. The molecule has 0 saturated carbocycles. The van der Waals surface area contributed by atoms with Crippen LogP contribution in [0.2, 0.25) is 18.1 Å². The summed E-state index contributed by atoms with van der Waals surface area (Å²) in [4.78, 5) is 39.4. The minimum atomic E-state index is -2.20. The minimum absolute atomic E-state index is 0.0179. The maximum absolute atomic E-state index is 14.5. The van der Waals surface area contributed by atoms with Crippen molar-refractivity contribution in [2.75, 3.05) is 0 Å². The lowest BCUT2D eigenvalue weighted by Gasteiger charge is -2.40. The number of benzene rings is 1. The number of aryl methyl sites for hydroxylation is 1. The summed E-state index contributed by atoms with van der Waals surface area (Å²) < 4.78 is 21.2. The molecule has 2 amide bonds. The van der Waals surface area contributed by atoms with E-state index in [4.69, 9.17) is 15.0 Å². The van der Waals surface area contributed by atoms with Gasteiger partial charge in [-0.15, -0.1) is 0 Å². The van der Waals surface area contributed by atoms with Crippen molar-refractivity contribution in [2.24, 2.45) is 5.73 Å². The fourth-order valence-electron chi connectivity index (χ4n) is 3.13. The van der Waals surface area contributed by atoms with E-state index in [2.05, 4.69) is 51.5 Å². The van der Waals surface area contributed by atoms with Crippen molar-refractivity contribution in [2.45, 2.75) is 102 Å². The van der Waals surface area contributed by atoms with Gasteiger partial charge in [0.05, 0.1) is 12.5 Å². The van der Waals surface area contributed by atoms with Crippen LogP contribution in [-0.4, -0.2) is 44.3 Å². The summed E-state index contributed by atoms with van der Waals surface area (Å²) in [6.07, 6.45) is 1.14. The molecule has 192 valence electrons. The summed E-state index contributed by atoms with van der Waals surface area (Å²) in [6.45, 7) is 11.9. The highest BCUT2D eigenvalue weighted by Gasteiger charge is 2.40. The highest BCUT2D eigenvalue weighted by molar-refractivity contribution is 6.74. The summed E-state index contributed by atoms with van der Waals surface area (Å²) in [7, 11) is -2.15. The molecule has 0 aliphatic rings. The van der Waals surface area contributed by atoms with Gasteiger partial charge in [0, 0.05) is 12.5 Å². The quantitative estimate of drug-likeness (QED) is 0.162. The lowest BCUT2D eigenvalue weighted by Crippen LogP contribution is -2.45. The first-order valence-electron chi connectivity index (χ1n) is 11.8. The zero-order valence-electron chi connectivity index (χ0n) is 21.4. The predicted octanol–water partition coefficient (Wildman–Crippen LogP) is 4.40. The Bertz CT molecular complexity index is 796. The highest BCUT2D eigenvalue weighted by Crippen LogP contribution is 2.38. The molecule has 3 unspecified atom stereocenters. The second kappa shape index (κ2) is 13.1. The first kappa shape index (κ1) is 29.9. The first-order chi connectivity index (χ1) is 15.7. The van der Waals surface area contributed by atoms with Crippen LogP contribution in [0.4, 0.5) is 4.39 Å². The van der Waals surface area contributed by atoms with Gasteiger partial charge in [-0.3, -0.25) is 14.4 Å². The van der Waals surface area contributed by atoms with Crippen molar-refractivity contribution in [3.8, 4) is 0 Å². The van der Waals surface area contributed by atoms with Crippen LogP contribution in [0.25, 0.3) is 0 Å². The Balaban J connectivity index is 3.04. The normalized spacial score (nSPS) is 15.7. The molecule has 34 heavy (non-hydrogen) atoms. The van der Waals surface area contributed by atoms with E-state index in [0.717, 1.165) is 13.3 Å². The van der Waals surface area contributed by atoms with E-state index in [-0.39, 0.29) is 30.4 Å². The number of hydrogen-bond donors (Lipinski definition) is 2. The van der Waals surface area contributed by atoms with Crippen LogP contribution in [0.1, 0.15) is 65.4 Å². The third-order valence-electron chi connectivity index (χ3n) is 6.45. The molecule has 1 aromatic rings. The Hall–Kier alpha value is -2.10. The average Bonchev–Trinajstić information content (AvgIpc) is 2.73. The van der Waals surface area contributed by atoms with E-state index < -0.39 is 31.9 Å². The number of rotatable bonds is 15. The molecule has 0 radical (unpaired) electrons. The second-order valence-electron chi connectivity index (χ2n) is 10.5. The van der Waals surface area contributed by atoms with E-state index >= 15 is 0 Å². The Morgan fingerprint density at radius 2 is 1.74 bits per heavy atom. The lowest BCUT2D eigenvalue weighted by atomic mass is 9.95. The second-order valence-corrected chi connectivity index (χ2v) is 15.3. The van der Waals surface area contributed by atoms with Crippen LogP contribution in [-0.2, 0) is 30.1 Å². The average molecular weight is 497 g/mol. The molecule has 1 aromatic carbocycles. The summed E-state index contributed by atoms with van der Waals surface area (Å²) >= 11 is 0. The molecule has 0 bridgehead atoms. The maximum Gasteiger partial charge on any atom is 0.254 e. The van der Waals surface area contributed by atoms with Crippen molar-refractivity contribution in [1.82, 2.24) is 5.48 Å². The molecule has 7 nitrogen and oxygen atoms in total. The SMILES string of the molecule is CC(F)(CCC(CC(CCc1ccccc1)O[Si](C)(C)C(C)(C)C)ONC(=O)CC=O)C(N)=O. The van der Waals surface area contributed by atoms with Gasteiger partial charge >= 0.3 is 0 Å². The molecule has 0 spiro atoms. The number of alkyl halides is 1. The third-order valence-corrected chi connectivity index (χ3v) is 11.0. The van der Waals surface area contributed by atoms with Gasteiger partial charge in [-0.1, -0.05) is 51.1 Å². The van der Waals surface area contributed by atoms with Gasteiger partial charge in [0.2, 0.25) is 0 Å². The standard InChI is InChI=1S/C25H41FN2O5Si/c1-24(2,3)34(5,6)33-21(13-12-19-10-8-7-9-11-19)18-20(32-28-22(30)15-17-29)14-16-25(4,26)23(27)31/h7-11,17,20-21H,12-16,18H2,1-6H3,(H2,27,31)(H,28,30). The molecule has 0 heterocycles. The smallest absolute Gasteiger partial charge is 0.254 e. The molecular formula is C25H41FN2O5Si. The Labute approximate surface area is 204 Å². The van der Waals surface area contributed by atoms with Crippen molar-refractivity contribution >= 4 is 26.4 Å². The topological polar surface area (TPSA) is 108 Å². The molecule has 1 rings (SSSR count). The number of carbonyl (C=O) groups excluding carboxylic acids is 3. The van der Waals surface area contributed by atoms with Gasteiger partial charge in [-0.25, -0.2) is 9.87 Å². The van der Waals surface area contributed by atoms with Crippen LogP contribution < -0.4 is 11.2 Å². The zero-order chi connectivity index (χ0) is 26.0. The first-order valence-corrected chi connectivity index (χ1v) is 14.7. The number of nitrogens with two attached hydrogens (primary N) is 1. The van der Waals surface area contributed by atoms with Crippen LogP contribution in [0.15, 0.2) is 30.3 Å². The van der Waals surface area contributed by atoms with Gasteiger partial charge < -0.3 is 15.0 Å². The molecule has 0 aromatic heterocycles. The number of primary amides is 1. The summed E-state index contributed by atoms with van der Waals surface area (Å²) in [6, 6.07) is 10.0. The fraction of sp³-hybridized carbons (Fsp3) is 0.640. The maximum atomic E-state index is 14.5. The fourth-order valence-corrected chi connectivity index (χ4v) is 4.53. The van der Waals surface area contributed by atoms with Gasteiger partial charge in [-0.2, -0.15) is 0 Å². The van der Waals surface area contributed by atoms with Crippen molar-refractivity contribution < 1.29 is 28.0 Å². The summed E-state index contributed by atoms with van der Waals surface area (Å²) in [5.41, 5.74) is 6.42. The molecule has 0 fully saturated rings. The van der Waals surface area contributed by atoms with Gasteiger partial charge in [0.25, 0.3) is 11.8 Å². The number of aldehydes is 1.